The van der Waals surface area contributed by atoms with Crippen molar-refractivity contribution >= 4 is 17.3 Å². The molecule has 0 N–H and O–H groups in total. The first kappa shape index (κ1) is 18.5. The van der Waals surface area contributed by atoms with Crippen molar-refractivity contribution in [3.8, 4) is 11.8 Å². The fourth-order valence-corrected chi connectivity index (χ4v) is 3.20. The molecule has 0 aliphatic rings. The number of allylic oxidation sites excluding steroid dienone is 1. The maximum Gasteiger partial charge on any atom is 0.123 e. The molecule has 3 aromatic rings. The normalized spacial score (nSPS) is 11.3. The van der Waals surface area contributed by atoms with Gasteiger partial charge in [-0.15, -0.1) is 0 Å². The average Bonchev–Trinajstić information content (AvgIpc) is 2.94. The fourth-order valence-electron chi connectivity index (χ4n) is 3.20. The molecule has 0 atom stereocenters. The largest absolute Gasteiger partial charge is 0.378 e. The standard InChI is InChI=1S/C23H22FN3/c1-16-13-19(14-20(15-25)18-5-7-21(24)8-6-18)17(2)27(16)23-11-9-22(10-12-23)26(3)4/h5-14H,1-4H3/b20-14+. The lowest BCUT2D eigenvalue weighted by molar-refractivity contribution is 0.627. The molecule has 0 saturated heterocycles. The molecule has 4 heteroatoms. The summed E-state index contributed by atoms with van der Waals surface area (Å²) in [5.41, 5.74) is 6.56. The summed E-state index contributed by atoms with van der Waals surface area (Å²) in [7, 11) is 4.03. The van der Waals surface area contributed by atoms with E-state index in [-0.39, 0.29) is 5.82 Å². The number of aryl methyl sites for hydroxylation is 1. The molecule has 0 unspecified atom stereocenters. The Balaban J connectivity index is 2.02. The fraction of sp³-hybridized carbons (Fsp3) is 0.174. The van der Waals surface area contributed by atoms with Crippen molar-refractivity contribution in [3.63, 3.8) is 0 Å². The van der Waals surface area contributed by atoms with E-state index in [0.29, 0.717) is 11.1 Å². The molecule has 1 heterocycles. The highest BCUT2D eigenvalue weighted by molar-refractivity contribution is 5.90. The van der Waals surface area contributed by atoms with Gasteiger partial charge in [0.2, 0.25) is 0 Å². The van der Waals surface area contributed by atoms with E-state index in [0.717, 1.165) is 28.3 Å². The predicted molar refractivity (Wildman–Crippen MR) is 109 cm³/mol. The van der Waals surface area contributed by atoms with E-state index in [4.69, 9.17) is 0 Å². The highest BCUT2D eigenvalue weighted by atomic mass is 19.1. The van der Waals surface area contributed by atoms with E-state index in [1.54, 1.807) is 12.1 Å². The summed E-state index contributed by atoms with van der Waals surface area (Å²) in [5.74, 6) is -0.310. The number of nitrogens with zero attached hydrogens (tertiary/aromatic N) is 3. The van der Waals surface area contributed by atoms with E-state index in [1.165, 1.54) is 12.1 Å². The molecular formula is C23H22FN3. The van der Waals surface area contributed by atoms with Crippen LogP contribution in [0.5, 0.6) is 0 Å². The summed E-state index contributed by atoms with van der Waals surface area (Å²) in [6, 6.07) is 18.6. The summed E-state index contributed by atoms with van der Waals surface area (Å²) in [5, 5.41) is 9.55. The Morgan fingerprint density at radius 1 is 1.04 bits per heavy atom. The smallest absolute Gasteiger partial charge is 0.123 e. The third kappa shape index (κ3) is 3.78. The zero-order valence-corrected chi connectivity index (χ0v) is 16.0. The van der Waals surface area contributed by atoms with Crippen LogP contribution in [0.2, 0.25) is 0 Å². The Morgan fingerprint density at radius 3 is 2.22 bits per heavy atom. The van der Waals surface area contributed by atoms with Crippen LogP contribution < -0.4 is 4.90 Å². The third-order valence-corrected chi connectivity index (χ3v) is 4.67. The highest BCUT2D eigenvalue weighted by Gasteiger charge is 2.11. The van der Waals surface area contributed by atoms with E-state index in [1.807, 2.05) is 34.0 Å². The molecule has 27 heavy (non-hydrogen) atoms. The van der Waals surface area contributed by atoms with Crippen LogP contribution in [0.4, 0.5) is 10.1 Å². The van der Waals surface area contributed by atoms with Gasteiger partial charge in [-0.25, -0.2) is 4.39 Å². The zero-order valence-electron chi connectivity index (χ0n) is 16.0. The van der Waals surface area contributed by atoms with Crippen LogP contribution in [-0.4, -0.2) is 18.7 Å². The van der Waals surface area contributed by atoms with Crippen molar-refractivity contribution < 1.29 is 4.39 Å². The molecule has 1 aromatic heterocycles. The molecule has 0 saturated carbocycles. The van der Waals surface area contributed by atoms with Gasteiger partial charge in [-0.05, 0) is 73.5 Å². The van der Waals surface area contributed by atoms with Gasteiger partial charge >= 0.3 is 0 Å². The molecule has 3 nitrogen and oxygen atoms in total. The lowest BCUT2D eigenvalue weighted by Crippen LogP contribution is -2.08. The number of hydrogen-bond acceptors (Lipinski definition) is 2. The van der Waals surface area contributed by atoms with Gasteiger partial charge in [0, 0.05) is 36.9 Å². The minimum absolute atomic E-state index is 0.310. The Morgan fingerprint density at radius 2 is 1.67 bits per heavy atom. The summed E-state index contributed by atoms with van der Waals surface area (Å²) < 4.78 is 15.3. The van der Waals surface area contributed by atoms with Crippen LogP contribution in [0, 0.1) is 31.0 Å². The van der Waals surface area contributed by atoms with Crippen LogP contribution in [-0.2, 0) is 0 Å². The van der Waals surface area contributed by atoms with Gasteiger partial charge in [-0.3, -0.25) is 0 Å². The second-order valence-electron chi connectivity index (χ2n) is 6.75. The number of rotatable bonds is 4. The van der Waals surface area contributed by atoms with Crippen LogP contribution >= 0.6 is 0 Å². The maximum atomic E-state index is 13.2. The first-order valence-electron chi connectivity index (χ1n) is 8.75. The molecule has 136 valence electrons. The second kappa shape index (κ2) is 7.51. The highest BCUT2D eigenvalue weighted by Crippen LogP contribution is 2.26. The third-order valence-electron chi connectivity index (χ3n) is 4.67. The first-order chi connectivity index (χ1) is 12.9. The second-order valence-corrected chi connectivity index (χ2v) is 6.75. The molecule has 0 amide bonds. The number of aromatic nitrogens is 1. The monoisotopic (exact) mass is 359 g/mol. The number of nitriles is 1. The van der Waals surface area contributed by atoms with E-state index >= 15 is 0 Å². The Labute approximate surface area is 159 Å². The van der Waals surface area contributed by atoms with E-state index in [2.05, 4.69) is 45.9 Å². The zero-order chi connectivity index (χ0) is 19.6. The number of halogens is 1. The molecule has 0 aliphatic carbocycles. The van der Waals surface area contributed by atoms with Gasteiger partial charge in [0.05, 0.1) is 11.6 Å². The molecule has 0 bridgehead atoms. The summed E-state index contributed by atoms with van der Waals surface area (Å²) >= 11 is 0. The van der Waals surface area contributed by atoms with Crippen molar-refractivity contribution in [2.45, 2.75) is 13.8 Å². The average molecular weight is 359 g/mol. The van der Waals surface area contributed by atoms with E-state index in [9.17, 15) is 9.65 Å². The van der Waals surface area contributed by atoms with Crippen molar-refractivity contribution in [2.75, 3.05) is 19.0 Å². The van der Waals surface area contributed by atoms with Crippen LogP contribution in [0.25, 0.3) is 17.3 Å². The van der Waals surface area contributed by atoms with Crippen LogP contribution in [0.3, 0.4) is 0 Å². The lowest BCUT2D eigenvalue weighted by atomic mass is 10.0. The topological polar surface area (TPSA) is 32.0 Å². The van der Waals surface area contributed by atoms with Gasteiger partial charge in [0.25, 0.3) is 0 Å². The van der Waals surface area contributed by atoms with Crippen LogP contribution in [0.15, 0.2) is 54.6 Å². The Bertz CT molecular complexity index is 1020. The minimum Gasteiger partial charge on any atom is -0.378 e. The predicted octanol–water partition coefficient (Wildman–Crippen LogP) is 5.36. The Kier molecular flexibility index (Phi) is 5.14. The van der Waals surface area contributed by atoms with Gasteiger partial charge in [-0.1, -0.05) is 12.1 Å². The SMILES string of the molecule is Cc1cc(/C=C(\C#N)c2ccc(F)cc2)c(C)n1-c1ccc(N(C)C)cc1. The van der Waals surface area contributed by atoms with Crippen molar-refractivity contribution in [3.05, 3.63) is 82.9 Å². The number of hydrogen-bond donors (Lipinski definition) is 0. The maximum absolute atomic E-state index is 13.2. The van der Waals surface area contributed by atoms with Crippen molar-refractivity contribution in [1.82, 2.24) is 4.57 Å². The lowest BCUT2D eigenvalue weighted by Gasteiger charge is -2.15. The van der Waals surface area contributed by atoms with Gasteiger partial charge in [0.1, 0.15) is 5.82 Å². The van der Waals surface area contributed by atoms with Gasteiger partial charge in [0.15, 0.2) is 0 Å². The summed E-state index contributed by atoms with van der Waals surface area (Å²) in [6.07, 6.45) is 1.86. The summed E-state index contributed by atoms with van der Waals surface area (Å²) in [6.45, 7) is 4.09. The van der Waals surface area contributed by atoms with Crippen LogP contribution in [0.1, 0.15) is 22.5 Å². The quantitative estimate of drug-likeness (QED) is 0.587. The Hall–Kier alpha value is -3.32. The number of benzene rings is 2. The minimum atomic E-state index is -0.310. The molecular weight excluding hydrogens is 337 g/mol. The molecule has 2 aromatic carbocycles. The summed E-state index contributed by atoms with van der Waals surface area (Å²) in [4.78, 5) is 2.06. The molecule has 0 fully saturated rings. The van der Waals surface area contributed by atoms with Crippen molar-refractivity contribution in [1.29, 1.82) is 5.26 Å². The molecule has 0 aliphatic heterocycles. The molecule has 0 radical (unpaired) electrons. The van der Waals surface area contributed by atoms with Gasteiger partial charge < -0.3 is 9.47 Å². The molecule has 0 spiro atoms. The number of anilines is 1. The first-order valence-corrected chi connectivity index (χ1v) is 8.75. The van der Waals surface area contributed by atoms with E-state index < -0.39 is 0 Å². The van der Waals surface area contributed by atoms with Crippen molar-refractivity contribution in [2.24, 2.45) is 0 Å². The van der Waals surface area contributed by atoms with Gasteiger partial charge in [-0.2, -0.15) is 5.26 Å². The molecule has 3 rings (SSSR count).